The standard InChI is InChI=1S/C17H15ClN2O/c18-14-7-11(8-20-16(14)17(10-19)5-6-17)13-9-21-15-4-2-1-3-12(13)15/h1-4,7-9H,5-6,10,19H2. The fraction of sp³-hybridized carbons (Fsp3) is 0.235. The molecule has 21 heavy (non-hydrogen) atoms. The molecule has 1 aliphatic rings. The fourth-order valence-corrected chi connectivity index (χ4v) is 3.23. The van der Waals surface area contributed by atoms with Crippen LogP contribution in [0.1, 0.15) is 18.5 Å². The van der Waals surface area contributed by atoms with E-state index in [0.29, 0.717) is 11.6 Å². The normalized spacial score (nSPS) is 16.3. The molecule has 0 spiro atoms. The Morgan fingerprint density at radius 2 is 2.10 bits per heavy atom. The summed E-state index contributed by atoms with van der Waals surface area (Å²) in [5.74, 6) is 0. The summed E-state index contributed by atoms with van der Waals surface area (Å²) in [4.78, 5) is 4.59. The van der Waals surface area contributed by atoms with Crippen molar-refractivity contribution < 1.29 is 4.42 Å². The number of halogens is 1. The highest BCUT2D eigenvalue weighted by Crippen LogP contribution is 2.49. The molecule has 106 valence electrons. The molecule has 4 rings (SSSR count). The summed E-state index contributed by atoms with van der Waals surface area (Å²) in [5, 5.41) is 1.77. The minimum absolute atomic E-state index is 0.00801. The van der Waals surface area contributed by atoms with Crippen LogP contribution in [0.4, 0.5) is 0 Å². The lowest BCUT2D eigenvalue weighted by Gasteiger charge is -2.14. The highest BCUT2D eigenvalue weighted by Gasteiger charge is 2.45. The van der Waals surface area contributed by atoms with E-state index in [1.54, 1.807) is 6.26 Å². The number of aromatic nitrogens is 1. The molecular weight excluding hydrogens is 284 g/mol. The SMILES string of the molecule is NCC1(c2ncc(-c3coc4ccccc34)cc2Cl)CC1. The van der Waals surface area contributed by atoms with Crippen molar-refractivity contribution in [3.05, 3.63) is 53.5 Å². The van der Waals surface area contributed by atoms with Gasteiger partial charge in [0.25, 0.3) is 0 Å². The maximum absolute atomic E-state index is 6.45. The Bertz CT molecular complexity index is 821. The third-order valence-corrected chi connectivity index (χ3v) is 4.67. The Balaban J connectivity index is 1.82. The molecule has 2 heterocycles. The first-order chi connectivity index (χ1) is 10.2. The molecule has 1 aliphatic carbocycles. The van der Waals surface area contributed by atoms with Crippen LogP contribution in [-0.2, 0) is 5.41 Å². The van der Waals surface area contributed by atoms with Gasteiger partial charge in [0.15, 0.2) is 0 Å². The number of nitrogens with two attached hydrogens (primary N) is 1. The van der Waals surface area contributed by atoms with Crippen molar-refractivity contribution in [2.45, 2.75) is 18.3 Å². The lowest BCUT2D eigenvalue weighted by Crippen LogP contribution is -2.21. The van der Waals surface area contributed by atoms with Crippen LogP contribution in [-0.4, -0.2) is 11.5 Å². The number of hydrogen-bond acceptors (Lipinski definition) is 3. The maximum Gasteiger partial charge on any atom is 0.134 e. The molecule has 0 aliphatic heterocycles. The molecule has 1 saturated carbocycles. The number of fused-ring (bicyclic) bond motifs is 1. The molecule has 1 fully saturated rings. The highest BCUT2D eigenvalue weighted by molar-refractivity contribution is 6.31. The van der Waals surface area contributed by atoms with Crippen molar-refractivity contribution in [2.24, 2.45) is 5.73 Å². The number of para-hydroxylation sites is 1. The minimum Gasteiger partial charge on any atom is -0.464 e. The van der Waals surface area contributed by atoms with Gasteiger partial charge in [0.05, 0.1) is 17.0 Å². The van der Waals surface area contributed by atoms with Gasteiger partial charge in [-0.25, -0.2) is 0 Å². The molecule has 2 aromatic heterocycles. The van der Waals surface area contributed by atoms with Gasteiger partial charge in [-0.05, 0) is 25.0 Å². The summed E-state index contributed by atoms with van der Waals surface area (Å²) < 4.78 is 5.58. The fourth-order valence-electron chi connectivity index (χ4n) is 2.87. The second-order valence-corrected chi connectivity index (χ2v) is 6.09. The van der Waals surface area contributed by atoms with E-state index in [0.717, 1.165) is 40.6 Å². The van der Waals surface area contributed by atoms with Gasteiger partial charge < -0.3 is 10.2 Å². The van der Waals surface area contributed by atoms with Crippen LogP contribution < -0.4 is 5.73 Å². The van der Waals surface area contributed by atoms with E-state index in [4.69, 9.17) is 21.8 Å². The van der Waals surface area contributed by atoms with Gasteiger partial charge in [0.1, 0.15) is 5.58 Å². The number of hydrogen-bond donors (Lipinski definition) is 1. The van der Waals surface area contributed by atoms with Crippen LogP contribution in [0.15, 0.2) is 47.2 Å². The number of nitrogens with zero attached hydrogens (tertiary/aromatic N) is 1. The number of pyridine rings is 1. The molecule has 0 amide bonds. The average molecular weight is 299 g/mol. The molecule has 0 bridgehead atoms. The number of furan rings is 1. The van der Waals surface area contributed by atoms with Gasteiger partial charge >= 0.3 is 0 Å². The van der Waals surface area contributed by atoms with Gasteiger partial charge in [0, 0.05) is 34.7 Å². The summed E-state index contributed by atoms with van der Waals surface area (Å²) in [5.41, 5.74) is 9.66. The number of benzene rings is 1. The van der Waals surface area contributed by atoms with Crippen LogP contribution in [0.25, 0.3) is 22.1 Å². The van der Waals surface area contributed by atoms with Crippen LogP contribution in [0, 0.1) is 0 Å². The van der Waals surface area contributed by atoms with Crippen molar-refractivity contribution in [1.82, 2.24) is 4.98 Å². The zero-order chi connectivity index (χ0) is 14.4. The molecule has 1 aromatic carbocycles. The molecule has 3 aromatic rings. The Morgan fingerprint density at radius 3 is 2.81 bits per heavy atom. The molecule has 2 N–H and O–H groups in total. The van der Waals surface area contributed by atoms with Crippen LogP contribution in [0.2, 0.25) is 5.02 Å². The predicted molar refractivity (Wildman–Crippen MR) is 84.4 cm³/mol. The quantitative estimate of drug-likeness (QED) is 0.790. The van der Waals surface area contributed by atoms with E-state index in [2.05, 4.69) is 4.98 Å². The summed E-state index contributed by atoms with van der Waals surface area (Å²) in [7, 11) is 0. The topological polar surface area (TPSA) is 52.0 Å². The lowest BCUT2D eigenvalue weighted by atomic mass is 10.00. The summed E-state index contributed by atoms with van der Waals surface area (Å²) in [6.45, 7) is 0.605. The second kappa shape index (κ2) is 4.58. The first kappa shape index (κ1) is 12.9. The predicted octanol–water partition coefficient (Wildman–Crippen LogP) is 4.14. The smallest absolute Gasteiger partial charge is 0.134 e. The number of rotatable bonds is 3. The monoisotopic (exact) mass is 298 g/mol. The van der Waals surface area contributed by atoms with Crippen LogP contribution >= 0.6 is 11.6 Å². The molecule has 0 saturated heterocycles. The Morgan fingerprint density at radius 1 is 1.29 bits per heavy atom. The molecular formula is C17H15ClN2O. The lowest BCUT2D eigenvalue weighted by molar-refractivity contribution is 0.617. The van der Waals surface area contributed by atoms with Gasteiger partial charge in [-0.3, -0.25) is 4.98 Å². The molecule has 3 nitrogen and oxygen atoms in total. The first-order valence-corrected chi connectivity index (χ1v) is 7.44. The van der Waals surface area contributed by atoms with E-state index < -0.39 is 0 Å². The Kier molecular flexibility index (Phi) is 2.81. The van der Waals surface area contributed by atoms with Crippen molar-refractivity contribution in [3.63, 3.8) is 0 Å². The van der Waals surface area contributed by atoms with Crippen LogP contribution in [0.5, 0.6) is 0 Å². The Hall–Kier alpha value is -1.84. The molecule has 0 radical (unpaired) electrons. The van der Waals surface area contributed by atoms with E-state index in [1.807, 2.05) is 36.5 Å². The minimum atomic E-state index is 0.00801. The molecule has 0 atom stereocenters. The maximum atomic E-state index is 6.45. The largest absolute Gasteiger partial charge is 0.464 e. The van der Waals surface area contributed by atoms with Crippen molar-refractivity contribution in [1.29, 1.82) is 0 Å². The van der Waals surface area contributed by atoms with Crippen molar-refractivity contribution in [2.75, 3.05) is 6.54 Å². The molecule has 0 unspecified atom stereocenters. The van der Waals surface area contributed by atoms with E-state index in [9.17, 15) is 0 Å². The van der Waals surface area contributed by atoms with Crippen molar-refractivity contribution >= 4 is 22.6 Å². The summed E-state index contributed by atoms with van der Waals surface area (Å²) >= 11 is 6.45. The second-order valence-electron chi connectivity index (χ2n) is 5.68. The van der Waals surface area contributed by atoms with E-state index in [1.165, 1.54) is 0 Å². The summed E-state index contributed by atoms with van der Waals surface area (Å²) in [6.07, 6.45) is 5.77. The van der Waals surface area contributed by atoms with Gasteiger partial charge in [-0.1, -0.05) is 29.8 Å². The van der Waals surface area contributed by atoms with Crippen LogP contribution in [0.3, 0.4) is 0 Å². The molecule has 4 heteroatoms. The zero-order valence-corrected chi connectivity index (χ0v) is 12.2. The third-order valence-electron chi connectivity index (χ3n) is 4.38. The van der Waals surface area contributed by atoms with E-state index >= 15 is 0 Å². The Labute approximate surface area is 127 Å². The average Bonchev–Trinajstić information content (AvgIpc) is 3.19. The summed E-state index contributed by atoms with van der Waals surface area (Å²) in [6, 6.07) is 9.92. The zero-order valence-electron chi connectivity index (χ0n) is 11.5. The highest BCUT2D eigenvalue weighted by atomic mass is 35.5. The van der Waals surface area contributed by atoms with Crippen molar-refractivity contribution in [3.8, 4) is 11.1 Å². The third kappa shape index (κ3) is 1.96. The van der Waals surface area contributed by atoms with Gasteiger partial charge in [-0.15, -0.1) is 0 Å². The van der Waals surface area contributed by atoms with E-state index in [-0.39, 0.29) is 5.41 Å². The van der Waals surface area contributed by atoms with Gasteiger partial charge in [-0.2, -0.15) is 0 Å². The van der Waals surface area contributed by atoms with Gasteiger partial charge in [0.2, 0.25) is 0 Å². The first-order valence-electron chi connectivity index (χ1n) is 7.06.